The fourth-order valence-electron chi connectivity index (χ4n) is 2.45. The van der Waals surface area contributed by atoms with Crippen molar-refractivity contribution in [1.29, 1.82) is 0 Å². The molecule has 11 heteroatoms. The molecule has 2 unspecified atom stereocenters. The van der Waals surface area contributed by atoms with Crippen molar-refractivity contribution in [1.82, 2.24) is 0 Å². The van der Waals surface area contributed by atoms with Crippen molar-refractivity contribution < 1.29 is 52.4 Å². The average molecular weight is 539 g/mol. The van der Waals surface area contributed by atoms with Crippen LogP contribution in [-0.4, -0.2) is 75.6 Å². The van der Waals surface area contributed by atoms with Crippen LogP contribution in [0.1, 0.15) is 41.0 Å². The third kappa shape index (κ3) is 13.0. The van der Waals surface area contributed by atoms with E-state index < -0.39 is 54.1 Å². The van der Waals surface area contributed by atoms with Crippen LogP contribution in [0.2, 0.25) is 0 Å². The highest BCUT2D eigenvalue weighted by molar-refractivity contribution is 5.90. The number of hydrogen-bond donors (Lipinski definition) is 0. The largest absolute Gasteiger partial charge is 0.462 e. The Labute approximate surface area is 223 Å². The highest BCUT2D eigenvalue weighted by Crippen LogP contribution is 2.27. The second-order valence-electron chi connectivity index (χ2n) is 9.28. The molecule has 0 fully saturated rings. The Morgan fingerprint density at radius 1 is 0.632 bits per heavy atom. The first kappa shape index (κ1) is 34.3. The van der Waals surface area contributed by atoms with Crippen LogP contribution in [-0.2, 0) is 52.4 Å². The summed E-state index contributed by atoms with van der Waals surface area (Å²) in [5.74, 6) is -3.57. The van der Waals surface area contributed by atoms with Crippen molar-refractivity contribution in [3.8, 4) is 0 Å². The molecule has 0 saturated carbocycles. The quantitative estimate of drug-likeness (QED) is 0.153. The van der Waals surface area contributed by atoms with Gasteiger partial charge < -0.3 is 28.4 Å². The molecule has 0 bridgehead atoms. The third-order valence-electron chi connectivity index (χ3n) is 4.75. The molecule has 11 nitrogen and oxygen atoms in total. The summed E-state index contributed by atoms with van der Waals surface area (Å²) in [6.45, 7) is 20.4. The lowest BCUT2D eigenvalue weighted by Gasteiger charge is -2.25. The smallest absolute Gasteiger partial charge is 0.333 e. The minimum absolute atomic E-state index is 0.0467. The Hall–Kier alpha value is -3.73. The molecule has 0 aliphatic rings. The van der Waals surface area contributed by atoms with Crippen LogP contribution in [0.25, 0.3) is 0 Å². The fraction of sp³-hybridized carbons (Fsp3) is 0.519. The maximum Gasteiger partial charge on any atom is 0.333 e. The summed E-state index contributed by atoms with van der Waals surface area (Å²) in [5, 5.41) is 0. The summed E-state index contributed by atoms with van der Waals surface area (Å²) in [6, 6.07) is 0. The zero-order valence-electron chi connectivity index (χ0n) is 23.0. The molecule has 0 amide bonds. The van der Waals surface area contributed by atoms with E-state index in [0.29, 0.717) is 0 Å². The summed E-state index contributed by atoms with van der Waals surface area (Å²) < 4.78 is 30.7. The van der Waals surface area contributed by atoms with E-state index >= 15 is 0 Å². The molecule has 212 valence electrons. The highest BCUT2D eigenvalue weighted by atomic mass is 16.6. The molecule has 0 aliphatic carbocycles. The number of ether oxygens (including phenoxy) is 6. The van der Waals surface area contributed by atoms with E-state index in [9.17, 15) is 24.0 Å². The average Bonchev–Trinajstić information content (AvgIpc) is 2.83. The van der Waals surface area contributed by atoms with E-state index in [1.807, 2.05) is 0 Å². The van der Waals surface area contributed by atoms with Gasteiger partial charge in [0.1, 0.15) is 32.5 Å². The first-order valence-electron chi connectivity index (χ1n) is 11.6. The molecule has 0 aromatic rings. The zero-order chi connectivity index (χ0) is 29.6. The molecule has 0 spiro atoms. The van der Waals surface area contributed by atoms with Gasteiger partial charge >= 0.3 is 29.8 Å². The van der Waals surface area contributed by atoms with Crippen LogP contribution in [0.3, 0.4) is 0 Å². The van der Waals surface area contributed by atoms with Crippen molar-refractivity contribution in [2.75, 3.05) is 33.5 Å². The highest BCUT2D eigenvalue weighted by Gasteiger charge is 2.33. The minimum Gasteiger partial charge on any atom is -0.462 e. The topological polar surface area (TPSA) is 141 Å². The summed E-state index contributed by atoms with van der Waals surface area (Å²) >= 11 is 0. The monoisotopic (exact) mass is 538 g/mol. The maximum atomic E-state index is 12.6. The van der Waals surface area contributed by atoms with Crippen molar-refractivity contribution in [2.45, 2.75) is 53.2 Å². The molecule has 0 aromatic heterocycles. The molecule has 0 aromatic carbocycles. The van der Waals surface area contributed by atoms with E-state index in [1.165, 1.54) is 27.9 Å². The molecule has 2 atom stereocenters. The van der Waals surface area contributed by atoms with Gasteiger partial charge in [-0.3, -0.25) is 4.79 Å². The van der Waals surface area contributed by atoms with Crippen LogP contribution in [0, 0.1) is 5.41 Å². The fourth-order valence-corrected chi connectivity index (χ4v) is 2.45. The number of carbonyl (C=O) groups excluding carboxylic acids is 5. The van der Waals surface area contributed by atoms with Crippen molar-refractivity contribution in [2.24, 2.45) is 5.41 Å². The van der Waals surface area contributed by atoms with Gasteiger partial charge in [-0.25, -0.2) is 19.2 Å². The van der Waals surface area contributed by atoms with Crippen molar-refractivity contribution in [3.63, 3.8) is 0 Å². The van der Waals surface area contributed by atoms with Crippen LogP contribution in [0.4, 0.5) is 0 Å². The first-order valence-corrected chi connectivity index (χ1v) is 11.6. The van der Waals surface area contributed by atoms with Gasteiger partial charge in [0.05, 0.1) is 5.41 Å². The van der Waals surface area contributed by atoms with Gasteiger partial charge in [0, 0.05) is 29.4 Å². The predicted molar refractivity (Wildman–Crippen MR) is 136 cm³/mol. The lowest BCUT2D eigenvalue weighted by atomic mass is 9.86. The van der Waals surface area contributed by atoms with Crippen LogP contribution in [0.15, 0.2) is 48.6 Å². The van der Waals surface area contributed by atoms with Gasteiger partial charge in [-0.2, -0.15) is 0 Å². The van der Waals surface area contributed by atoms with Gasteiger partial charge in [0.25, 0.3) is 0 Å². The third-order valence-corrected chi connectivity index (χ3v) is 4.75. The number of esters is 5. The lowest BCUT2D eigenvalue weighted by Crippen LogP contribution is -2.34. The van der Waals surface area contributed by atoms with Gasteiger partial charge in [-0.05, 0) is 41.0 Å². The SMILES string of the molecule is C=C(C)C(=O)OCC(COC(=O)C(C)(C)CC(=C)C(=O)OCC(COC(=O)C(=C)C)OC(=O)C(=C)C)OC. The van der Waals surface area contributed by atoms with Crippen molar-refractivity contribution >= 4 is 29.8 Å². The molecular formula is C27H38O11. The first-order chi connectivity index (χ1) is 17.5. The van der Waals surface area contributed by atoms with E-state index in [-0.39, 0.29) is 48.5 Å². The second kappa shape index (κ2) is 16.2. The summed E-state index contributed by atoms with van der Waals surface area (Å²) in [6.07, 6.45) is -1.93. The Kier molecular flexibility index (Phi) is 14.6. The lowest BCUT2D eigenvalue weighted by molar-refractivity contribution is -0.162. The molecular weight excluding hydrogens is 500 g/mol. The van der Waals surface area contributed by atoms with Gasteiger partial charge in [0.2, 0.25) is 0 Å². The van der Waals surface area contributed by atoms with E-state index in [0.717, 1.165) is 0 Å². The number of carbonyl (C=O) groups is 5. The second-order valence-corrected chi connectivity index (χ2v) is 9.28. The Morgan fingerprint density at radius 2 is 1.03 bits per heavy atom. The molecule has 0 rings (SSSR count). The summed E-state index contributed by atoms with van der Waals surface area (Å²) in [4.78, 5) is 60.2. The van der Waals surface area contributed by atoms with E-state index in [2.05, 4.69) is 26.3 Å². The molecule has 38 heavy (non-hydrogen) atoms. The minimum atomic E-state index is -1.17. The summed E-state index contributed by atoms with van der Waals surface area (Å²) in [7, 11) is 1.37. The zero-order valence-corrected chi connectivity index (χ0v) is 23.0. The number of rotatable bonds is 17. The number of methoxy groups -OCH3 is 1. The normalized spacial score (nSPS) is 12.3. The van der Waals surface area contributed by atoms with Crippen molar-refractivity contribution in [3.05, 3.63) is 48.6 Å². The molecule has 0 heterocycles. The molecule has 0 N–H and O–H groups in total. The van der Waals surface area contributed by atoms with Crippen LogP contribution in [0.5, 0.6) is 0 Å². The maximum absolute atomic E-state index is 12.6. The Morgan fingerprint density at radius 3 is 1.45 bits per heavy atom. The standard InChI is InChI=1S/C27H38O11/c1-16(2)22(28)34-12-20(33-10)13-37-26(32)27(8,9)11-19(7)25(31)36-15-21(38-24(30)18(5)6)14-35-23(29)17(3)4/h20-21H,1,3,5,7,11-15H2,2,4,6,8-10H3. The van der Waals surface area contributed by atoms with E-state index in [4.69, 9.17) is 28.4 Å². The van der Waals surface area contributed by atoms with Gasteiger partial charge in [-0.1, -0.05) is 26.3 Å². The van der Waals surface area contributed by atoms with Crippen LogP contribution >= 0.6 is 0 Å². The van der Waals surface area contributed by atoms with Crippen LogP contribution < -0.4 is 0 Å². The van der Waals surface area contributed by atoms with Gasteiger partial charge in [-0.15, -0.1) is 0 Å². The predicted octanol–water partition coefficient (Wildman–Crippen LogP) is 2.79. The Balaban J connectivity index is 4.96. The van der Waals surface area contributed by atoms with Gasteiger partial charge in [0.15, 0.2) is 6.10 Å². The molecule has 0 saturated heterocycles. The van der Waals surface area contributed by atoms with E-state index in [1.54, 1.807) is 13.8 Å². The number of hydrogen-bond acceptors (Lipinski definition) is 11. The molecule has 0 aliphatic heterocycles. The Bertz CT molecular complexity index is 958. The summed E-state index contributed by atoms with van der Waals surface area (Å²) in [5.41, 5.74) is -0.766. The molecule has 0 radical (unpaired) electrons.